The number of carbonyl (C=O) groups is 2. The van der Waals surface area contributed by atoms with Crippen LogP contribution in [-0.4, -0.2) is 36.9 Å². The standard InChI is InChI=1S/C18H22N2O4/c1-3-23-13-15-8-6-14(7-9-15)11-19-17(21)12-20(2)18(22)16-5-4-10-24-16/h4-10H,3,11-13H2,1-2H3,(H,19,21). The molecule has 6 nitrogen and oxygen atoms in total. The summed E-state index contributed by atoms with van der Waals surface area (Å²) in [6.45, 7) is 3.61. The number of furan rings is 1. The molecule has 0 aliphatic heterocycles. The third-order valence-corrected chi connectivity index (χ3v) is 3.44. The monoisotopic (exact) mass is 330 g/mol. The Hall–Kier alpha value is -2.60. The second-order valence-electron chi connectivity index (χ2n) is 5.37. The molecule has 6 heteroatoms. The van der Waals surface area contributed by atoms with E-state index in [0.717, 1.165) is 11.1 Å². The second-order valence-corrected chi connectivity index (χ2v) is 5.37. The van der Waals surface area contributed by atoms with Gasteiger partial charge in [-0.15, -0.1) is 0 Å². The molecule has 2 amide bonds. The Morgan fingerprint density at radius 3 is 2.50 bits per heavy atom. The number of rotatable bonds is 8. The van der Waals surface area contributed by atoms with Crippen molar-refractivity contribution in [2.45, 2.75) is 20.1 Å². The molecule has 0 saturated heterocycles. The normalized spacial score (nSPS) is 10.4. The predicted molar refractivity (Wildman–Crippen MR) is 89.3 cm³/mol. The summed E-state index contributed by atoms with van der Waals surface area (Å²) in [5.74, 6) is -0.332. The van der Waals surface area contributed by atoms with E-state index in [1.54, 1.807) is 19.2 Å². The van der Waals surface area contributed by atoms with Crippen LogP contribution in [0.2, 0.25) is 0 Å². The summed E-state index contributed by atoms with van der Waals surface area (Å²) in [5, 5.41) is 2.80. The topological polar surface area (TPSA) is 71.8 Å². The van der Waals surface area contributed by atoms with Gasteiger partial charge in [0.2, 0.25) is 5.91 Å². The number of amides is 2. The molecule has 0 aliphatic carbocycles. The van der Waals surface area contributed by atoms with Crippen LogP contribution in [0.4, 0.5) is 0 Å². The fourth-order valence-electron chi connectivity index (χ4n) is 2.11. The maximum atomic E-state index is 12.0. The maximum Gasteiger partial charge on any atom is 0.289 e. The molecule has 2 aromatic rings. The van der Waals surface area contributed by atoms with Crippen LogP contribution in [0.3, 0.4) is 0 Å². The van der Waals surface area contributed by atoms with Crippen molar-refractivity contribution in [1.29, 1.82) is 0 Å². The number of carbonyl (C=O) groups excluding carboxylic acids is 2. The molecular formula is C18H22N2O4. The van der Waals surface area contributed by atoms with Gasteiger partial charge in [-0.05, 0) is 30.2 Å². The highest BCUT2D eigenvalue weighted by atomic mass is 16.5. The molecule has 1 aromatic carbocycles. The molecule has 0 fully saturated rings. The minimum Gasteiger partial charge on any atom is -0.459 e. The molecule has 0 spiro atoms. The summed E-state index contributed by atoms with van der Waals surface area (Å²) in [5.41, 5.74) is 2.08. The average Bonchev–Trinajstić information content (AvgIpc) is 3.12. The van der Waals surface area contributed by atoms with Crippen LogP contribution >= 0.6 is 0 Å². The number of benzene rings is 1. The molecule has 0 saturated carbocycles. The first-order chi connectivity index (χ1) is 11.6. The van der Waals surface area contributed by atoms with Gasteiger partial charge in [0.05, 0.1) is 19.4 Å². The minimum absolute atomic E-state index is 0.0258. The van der Waals surface area contributed by atoms with Gasteiger partial charge in [0, 0.05) is 20.2 Å². The number of ether oxygens (including phenoxy) is 1. The molecule has 1 N–H and O–H groups in total. The van der Waals surface area contributed by atoms with Crippen molar-refractivity contribution in [2.75, 3.05) is 20.2 Å². The molecule has 0 aliphatic rings. The Bertz CT molecular complexity index is 650. The van der Waals surface area contributed by atoms with E-state index in [9.17, 15) is 9.59 Å². The van der Waals surface area contributed by atoms with Gasteiger partial charge in [0.1, 0.15) is 0 Å². The zero-order valence-corrected chi connectivity index (χ0v) is 14.0. The molecule has 24 heavy (non-hydrogen) atoms. The van der Waals surface area contributed by atoms with Crippen LogP contribution in [-0.2, 0) is 22.7 Å². The Morgan fingerprint density at radius 1 is 1.17 bits per heavy atom. The number of hydrogen-bond donors (Lipinski definition) is 1. The first-order valence-electron chi connectivity index (χ1n) is 7.81. The third-order valence-electron chi connectivity index (χ3n) is 3.44. The SMILES string of the molecule is CCOCc1ccc(CNC(=O)CN(C)C(=O)c2ccco2)cc1. The van der Waals surface area contributed by atoms with Crippen molar-refractivity contribution >= 4 is 11.8 Å². The first-order valence-corrected chi connectivity index (χ1v) is 7.81. The first kappa shape index (κ1) is 17.7. The largest absolute Gasteiger partial charge is 0.459 e. The summed E-state index contributed by atoms with van der Waals surface area (Å²) in [4.78, 5) is 25.3. The van der Waals surface area contributed by atoms with E-state index in [-0.39, 0.29) is 24.1 Å². The second kappa shape index (κ2) is 8.88. The van der Waals surface area contributed by atoms with Crippen LogP contribution < -0.4 is 5.32 Å². The van der Waals surface area contributed by atoms with E-state index in [0.29, 0.717) is 19.8 Å². The van der Waals surface area contributed by atoms with Crippen LogP contribution in [0.25, 0.3) is 0 Å². The van der Waals surface area contributed by atoms with Crippen molar-refractivity contribution < 1.29 is 18.7 Å². The average molecular weight is 330 g/mol. The number of nitrogens with zero attached hydrogens (tertiary/aromatic N) is 1. The lowest BCUT2D eigenvalue weighted by Gasteiger charge is -2.15. The molecular weight excluding hydrogens is 308 g/mol. The number of hydrogen-bond acceptors (Lipinski definition) is 4. The minimum atomic E-state index is -0.324. The van der Waals surface area contributed by atoms with Gasteiger partial charge in [0.25, 0.3) is 5.91 Å². The number of likely N-dealkylation sites (N-methyl/N-ethyl adjacent to an activating group) is 1. The fourth-order valence-corrected chi connectivity index (χ4v) is 2.11. The zero-order chi connectivity index (χ0) is 17.4. The van der Waals surface area contributed by atoms with Gasteiger partial charge >= 0.3 is 0 Å². The van der Waals surface area contributed by atoms with Crippen LogP contribution in [0, 0.1) is 0 Å². The summed E-state index contributed by atoms with van der Waals surface area (Å²) in [6.07, 6.45) is 1.43. The quantitative estimate of drug-likeness (QED) is 0.805. The highest BCUT2D eigenvalue weighted by molar-refractivity contribution is 5.94. The maximum absolute atomic E-state index is 12.0. The van der Waals surface area contributed by atoms with Crippen molar-refractivity contribution in [3.05, 3.63) is 59.5 Å². The highest BCUT2D eigenvalue weighted by Gasteiger charge is 2.16. The van der Waals surface area contributed by atoms with Gasteiger partial charge in [-0.3, -0.25) is 9.59 Å². The van der Waals surface area contributed by atoms with Crippen LogP contribution in [0.5, 0.6) is 0 Å². The van der Waals surface area contributed by atoms with E-state index >= 15 is 0 Å². The molecule has 2 rings (SSSR count). The van der Waals surface area contributed by atoms with Crippen LogP contribution in [0.1, 0.15) is 28.6 Å². The van der Waals surface area contributed by atoms with E-state index in [4.69, 9.17) is 9.15 Å². The summed E-state index contributed by atoms with van der Waals surface area (Å²) < 4.78 is 10.4. The summed E-state index contributed by atoms with van der Waals surface area (Å²) >= 11 is 0. The molecule has 1 heterocycles. The Labute approximate surface area is 141 Å². The summed E-state index contributed by atoms with van der Waals surface area (Å²) in [6, 6.07) is 11.1. The molecule has 128 valence electrons. The van der Waals surface area contributed by atoms with Crippen molar-refractivity contribution in [1.82, 2.24) is 10.2 Å². The lowest BCUT2D eigenvalue weighted by Crippen LogP contribution is -2.38. The Kier molecular flexibility index (Phi) is 6.57. The Balaban J connectivity index is 1.77. The van der Waals surface area contributed by atoms with Gasteiger partial charge in [-0.2, -0.15) is 0 Å². The zero-order valence-electron chi connectivity index (χ0n) is 14.0. The highest BCUT2D eigenvalue weighted by Crippen LogP contribution is 2.06. The molecule has 0 bridgehead atoms. The van der Waals surface area contributed by atoms with Gasteiger partial charge < -0.3 is 19.4 Å². The van der Waals surface area contributed by atoms with Crippen LogP contribution in [0.15, 0.2) is 47.1 Å². The van der Waals surface area contributed by atoms with Crippen molar-refractivity contribution in [3.63, 3.8) is 0 Å². The molecule has 0 radical (unpaired) electrons. The van der Waals surface area contributed by atoms with Crippen molar-refractivity contribution in [2.24, 2.45) is 0 Å². The lowest BCUT2D eigenvalue weighted by molar-refractivity contribution is -0.121. The van der Waals surface area contributed by atoms with Gasteiger partial charge in [-0.25, -0.2) is 0 Å². The van der Waals surface area contributed by atoms with E-state index < -0.39 is 0 Å². The predicted octanol–water partition coefficient (Wildman–Crippen LogP) is 2.20. The smallest absolute Gasteiger partial charge is 0.289 e. The van der Waals surface area contributed by atoms with Crippen molar-refractivity contribution in [3.8, 4) is 0 Å². The number of nitrogens with one attached hydrogen (secondary N) is 1. The van der Waals surface area contributed by atoms with E-state index in [1.807, 2.05) is 31.2 Å². The fraction of sp³-hybridized carbons (Fsp3) is 0.333. The molecule has 0 atom stereocenters. The van der Waals surface area contributed by atoms with E-state index in [2.05, 4.69) is 5.32 Å². The summed E-state index contributed by atoms with van der Waals surface area (Å²) in [7, 11) is 1.56. The Morgan fingerprint density at radius 2 is 1.88 bits per heavy atom. The molecule has 1 aromatic heterocycles. The van der Waals surface area contributed by atoms with Gasteiger partial charge in [-0.1, -0.05) is 24.3 Å². The molecule has 0 unspecified atom stereocenters. The van der Waals surface area contributed by atoms with Gasteiger partial charge in [0.15, 0.2) is 5.76 Å². The lowest BCUT2D eigenvalue weighted by atomic mass is 10.1. The van der Waals surface area contributed by atoms with E-state index in [1.165, 1.54) is 11.2 Å². The third kappa shape index (κ3) is 5.24.